The van der Waals surface area contributed by atoms with Crippen molar-refractivity contribution in [2.75, 3.05) is 17.8 Å². The summed E-state index contributed by atoms with van der Waals surface area (Å²) in [6.45, 7) is 0. The maximum absolute atomic E-state index is 14.0. The fourth-order valence-electron chi connectivity index (χ4n) is 2.43. The number of alkyl halides is 1. The first kappa shape index (κ1) is 17.9. The van der Waals surface area contributed by atoms with E-state index in [-0.39, 0.29) is 17.4 Å². The van der Waals surface area contributed by atoms with Gasteiger partial charge >= 0.3 is 5.97 Å². The molecule has 1 aromatic rings. The number of nitro groups is 1. The van der Waals surface area contributed by atoms with Gasteiger partial charge in [0, 0.05) is 12.3 Å². The smallest absolute Gasteiger partial charge is 0.337 e. The van der Waals surface area contributed by atoms with Crippen LogP contribution in [0.5, 0.6) is 0 Å². The molecule has 6 nitrogen and oxygen atoms in total. The van der Waals surface area contributed by atoms with Gasteiger partial charge in [-0.05, 0) is 29.6 Å². The van der Waals surface area contributed by atoms with Gasteiger partial charge in [0.2, 0.25) is 0 Å². The van der Waals surface area contributed by atoms with E-state index >= 15 is 0 Å². The fraction of sp³-hybridized carbons (Fsp3) is 0.188. The predicted octanol–water partition coefficient (Wildman–Crippen LogP) is 3.49. The van der Waals surface area contributed by atoms with E-state index in [1.165, 1.54) is 19.2 Å². The summed E-state index contributed by atoms with van der Waals surface area (Å²) in [5.41, 5.74) is 1.23. The van der Waals surface area contributed by atoms with E-state index in [1.807, 2.05) is 5.83 Å². The van der Waals surface area contributed by atoms with Crippen LogP contribution >= 0.6 is 15.9 Å². The Morgan fingerprint density at radius 2 is 2.12 bits per heavy atom. The number of carbonyl (C=O) groups excluding carboxylic acids is 1. The molecule has 0 fully saturated rings. The number of fused-ring (bicyclic) bond motifs is 1. The fourth-order valence-corrected chi connectivity index (χ4v) is 2.43. The van der Waals surface area contributed by atoms with E-state index in [4.69, 9.17) is 0 Å². The molecule has 0 radical (unpaired) electrons. The van der Waals surface area contributed by atoms with Crippen LogP contribution in [-0.2, 0) is 9.53 Å². The van der Waals surface area contributed by atoms with Crippen LogP contribution in [0, 0.1) is 15.9 Å². The second-order valence-electron chi connectivity index (χ2n) is 4.82. The van der Waals surface area contributed by atoms with E-state index in [1.54, 1.807) is 29.3 Å². The largest absolute Gasteiger partial charge is 0.465 e. The minimum Gasteiger partial charge on any atom is -0.465 e. The molecule has 1 unspecified atom stereocenters. The number of benzene rings is 1. The predicted molar refractivity (Wildman–Crippen MR) is 91.5 cm³/mol. The first-order chi connectivity index (χ1) is 11.5. The third kappa shape index (κ3) is 3.23. The summed E-state index contributed by atoms with van der Waals surface area (Å²) in [6.07, 6.45) is 6.73. The van der Waals surface area contributed by atoms with E-state index in [0.29, 0.717) is 5.57 Å². The van der Waals surface area contributed by atoms with Gasteiger partial charge in [0.25, 0.3) is 5.69 Å². The summed E-state index contributed by atoms with van der Waals surface area (Å²) in [4.78, 5) is 23.1. The van der Waals surface area contributed by atoms with Crippen molar-refractivity contribution in [1.29, 1.82) is 0 Å². The Morgan fingerprint density at radius 1 is 1.42 bits per heavy atom. The molecule has 0 spiro atoms. The number of nitrogens with zero attached hydrogens (tertiary/aromatic N) is 2. The number of non-ortho nitro benzene ring substituents is 1. The summed E-state index contributed by atoms with van der Waals surface area (Å²) < 4.78 is 18.7. The van der Waals surface area contributed by atoms with Crippen molar-refractivity contribution >= 4 is 33.3 Å². The van der Waals surface area contributed by atoms with Gasteiger partial charge < -0.3 is 9.64 Å². The molecule has 1 heterocycles. The summed E-state index contributed by atoms with van der Waals surface area (Å²) >= 11 is 2.94. The Balaban J connectivity index is 0.00000100. The van der Waals surface area contributed by atoms with Gasteiger partial charge in [-0.15, -0.1) is 0 Å². The van der Waals surface area contributed by atoms with Crippen LogP contribution in [-0.4, -0.2) is 29.9 Å². The van der Waals surface area contributed by atoms with E-state index < -0.39 is 16.7 Å². The van der Waals surface area contributed by atoms with Crippen molar-refractivity contribution in [3.05, 3.63) is 69.7 Å². The molecule has 126 valence electrons. The summed E-state index contributed by atoms with van der Waals surface area (Å²) in [5, 5.41) is 10.6. The molecule has 24 heavy (non-hydrogen) atoms. The van der Waals surface area contributed by atoms with Crippen LogP contribution < -0.4 is 4.90 Å². The van der Waals surface area contributed by atoms with Gasteiger partial charge in [0.05, 0.1) is 35.4 Å². The number of carbonyl (C=O) groups is 1. The number of halogens is 2. The van der Waals surface area contributed by atoms with Gasteiger partial charge in [-0.25, -0.2) is 9.18 Å². The standard InChI is InChI=1S/C15H11FN2O4.CH3Br/c1-22-15(19)9-2-4-13-10(6-9)8-17(13)14-5-3-11(18(20)21)7-12(14)16;1-2/h2-8,13H,1H3;1H3. The summed E-state index contributed by atoms with van der Waals surface area (Å²) in [6, 6.07) is 3.33. The summed E-state index contributed by atoms with van der Waals surface area (Å²) in [5.74, 6) is 0.712. The van der Waals surface area contributed by atoms with Crippen molar-refractivity contribution in [3.63, 3.8) is 0 Å². The first-order valence-corrected chi connectivity index (χ1v) is 8.40. The molecular weight excluding hydrogens is 383 g/mol. The molecule has 0 aromatic heterocycles. The lowest BCUT2D eigenvalue weighted by Crippen LogP contribution is -2.41. The van der Waals surface area contributed by atoms with E-state index in [9.17, 15) is 19.3 Å². The average Bonchev–Trinajstić information content (AvgIpc) is 2.58. The maximum Gasteiger partial charge on any atom is 0.337 e. The number of anilines is 1. The van der Waals surface area contributed by atoms with Crippen LogP contribution in [0.2, 0.25) is 0 Å². The molecule has 3 rings (SSSR count). The maximum atomic E-state index is 14.0. The van der Waals surface area contributed by atoms with Crippen molar-refractivity contribution in [2.45, 2.75) is 6.04 Å². The third-order valence-electron chi connectivity index (χ3n) is 3.55. The molecule has 0 saturated heterocycles. The number of hydrogen-bond donors (Lipinski definition) is 0. The minimum atomic E-state index is -0.666. The molecule has 0 amide bonds. The average molecular weight is 397 g/mol. The van der Waals surface area contributed by atoms with E-state index in [0.717, 1.165) is 11.6 Å². The lowest BCUT2D eigenvalue weighted by molar-refractivity contribution is -0.385. The molecule has 0 bridgehead atoms. The van der Waals surface area contributed by atoms with Crippen LogP contribution in [0.25, 0.3) is 0 Å². The normalized spacial score (nSPS) is 17.5. The van der Waals surface area contributed by atoms with Crippen LogP contribution in [0.1, 0.15) is 0 Å². The Bertz CT molecular complexity index is 773. The molecule has 0 N–H and O–H groups in total. The van der Waals surface area contributed by atoms with Crippen LogP contribution in [0.3, 0.4) is 0 Å². The van der Waals surface area contributed by atoms with Gasteiger partial charge in [-0.3, -0.25) is 10.1 Å². The zero-order valence-corrected chi connectivity index (χ0v) is 14.5. The highest BCUT2D eigenvalue weighted by atomic mass is 79.9. The highest BCUT2D eigenvalue weighted by Gasteiger charge is 2.32. The topological polar surface area (TPSA) is 72.7 Å². The zero-order chi connectivity index (χ0) is 17.9. The Hall–Kier alpha value is -2.48. The number of hydrogen-bond acceptors (Lipinski definition) is 5. The highest BCUT2D eigenvalue weighted by Crippen LogP contribution is 2.37. The number of nitro benzene ring substituents is 1. The van der Waals surface area contributed by atoms with Gasteiger partial charge in [-0.2, -0.15) is 0 Å². The Labute approximate surface area is 146 Å². The first-order valence-electron chi connectivity index (χ1n) is 6.81. The van der Waals surface area contributed by atoms with Gasteiger partial charge in [0.1, 0.15) is 0 Å². The monoisotopic (exact) mass is 396 g/mol. The number of rotatable bonds is 3. The highest BCUT2D eigenvalue weighted by molar-refractivity contribution is 9.08. The zero-order valence-electron chi connectivity index (χ0n) is 12.9. The minimum absolute atomic E-state index is 0.190. The van der Waals surface area contributed by atoms with Crippen molar-refractivity contribution < 1.29 is 18.8 Å². The summed E-state index contributed by atoms with van der Waals surface area (Å²) in [7, 11) is 1.30. The second-order valence-corrected chi connectivity index (χ2v) is 4.82. The SMILES string of the molecule is CBr.COC(=O)C1=CC2=CN(c3ccc([N+](=O)[O-])cc3F)C2C=C1. The van der Waals surface area contributed by atoms with E-state index in [2.05, 4.69) is 20.7 Å². The van der Waals surface area contributed by atoms with Crippen LogP contribution in [0.15, 0.2) is 53.8 Å². The molecule has 0 saturated carbocycles. The van der Waals surface area contributed by atoms with Crippen molar-refractivity contribution in [3.8, 4) is 0 Å². The molecule has 1 aliphatic carbocycles. The molecule has 2 aliphatic rings. The number of ether oxygens (including phenoxy) is 1. The Kier molecular flexibility index (Phi) is 5.50. The number of methoxy groups -OCH3 is 1. The lowest BCUT2D eigenvalue weighted by Gasteiger charge is -2.40. The molecular formula is C16H14BrFN2O4. The molecule has 1 aromatic carbocycles. The quantitative estimate of drug-likeness (QED) is 0.338. The molecule has 1 atom stereocenters. The Morgan fingerprint density at radius 3 is 2.67 bits per heavy atom. The van der Waals surface area contributed by atoms with Crippen LogP contribution in [0.4, 0.5) is 15.8 Å². The third-order valence-corrected chi connectivity index (χ3v) is 3.55. The van der Waals surface area contributed by atoms with Gasteiger partial charge in [0.15, 0.2) is 5.82 Å². The molecule has 1 aliphatic heterocycles. The second kappa shape index (κ2) is 7.39. The molecule has 8 heteroatoms. The lowest BCUT2D eigenvalue weighted by atomic mass is 9.91. The van der Waals surface area contributed by atoms with Crippen molar-refractivity contribution in [2.24, 2.45) is 0 Å². The van der Waals surface area contributed by atoms with Gasteiger partial charge in [-0.1, -0.05) is 22.0 Å². The number of esters is 1. The van der Waals surface area contributed by atoms with Crippen molar-refractivity contribution in [1.82, 2.24) is 0 Å².